The largest absolute Gasteiger partial charge is 0.353 e. The third kappa shape index (κ3) is 2.41. The second kappa shape index (κ2) is 5.40. The number of hydrogen-bond donors (Lipinski definition) is 0. The fourth-order valence-corrected chi connectivity index (χ4v) is 3.70. The monoisotopic (exact) mass is 322 g/mol. The summed E-state index contributed by atoms with van der Waals surface area (Å²) < 4.78 is 0. The number of anilines is 2. The number of aryl methyl sites for hydroxylation is 2. The highest BCUT2D eigenvalue weighted by atomic mass is 15.4. The van der Waals surface area contributed by atoms with Crippen molar-refractivity contribution in [1.82, 2.24) is 20.2 Å². The van der Waals surface area contributed by atoms with Gasteiger partial charge in [0.15, 0.2) is 5.82 Å². The first-order valence-corrected chi connectivity index (χ1v) is 8.93. The van der Waals surface area contributed by atoms with E-state index < -0.39 is 0 Å². The molecule has 2 aliphatic carbocycles. The molecule has 0 amide bonds. The second-order valence-electron chi connectivity index (χ2n) is 7.27. The van der Waals surface area contributed by atoms with Gasteiger partial charge in [-0.05, 0) is 43.7 Å². The molecule has 1 aliphatic heterocycles. The molecular formula is C18H22N6. The maximum absolute atomic E-state index is 4.47. The first kappa shape index (κ1) is 14.1. The summed E-state index contributed by atoms with van der Waals surface area (Å²) in [7, 11) is 2.13. The van der Waals surface area contributed by atoms with Crippen molar-refractivity contribution in [3.05, 3.63) is 35.4 Å². The smallest absolute Gasteiger partial charge is 0.151 e. The van der Waals surface area contributed by atoms with Crippen molar-refractivity contribution in [1.29, 1.82) is 0 Å². The minimum absolute atomic E-state index is 0.474. The Balaban J connectivity index is 1.26. The number of rotatable bonds is 4. The molecule has 1 saturated carbocycles. The van der Waals surface area contributed by atoms with E-state index >= 15 is 0 Å². The van der Waals surface area contributed by atoms with Gasteiger partial charge in [-0.1, -0.05) is 0 Å². The van der Waals surface area contributed by atoms with Gasteiger partial charge in [0, 0.05) is 37.8 Å². The van der Waals surface area contributed by atoms with Crippen LogP contribution in [0.2, 0.25) is 0 Å². The topological polar surface area (TPSA) is 58.0 Å². The zero-order chi connectivity index (χ0) is 16.1. The molecule has 6 heteroatoms. The van der Waals surface area contributed by atoms with Crippen LogP contribution in [-0.4, -0.2) is 46.3 Å². The van der Waals surface area contributed by atoms with Crippen molar-refractivity contribution in [3.8, 4) is 0 Å². The SMILES string of the molecule is CN(c1cc(C2CC2)ncn1)C1CN(c2cc3c(nn2)CCC3)C1. The van der Waals surface area contributed by atoms with Gasteiger partial charge in [0.1, 0.15) is 12.1 Å². The number of nitrogens with zero attached hydrogens (tertiary/aromatic N) is 6. The number of likely N-dealkylation sites (N-methyl/N-ethyl adjacent to an activating group) is 1. The summed E-state index contributed by atoms with van der Waals surface area (Å²) >= 11 is 0. The van der Waals surface area contributed by atoms with Gasteiger partial charge in [0.2, 0.25) is 0 Å². The number of aromatic nitrogens is 4. The molecule has 2 aromatic rings. The lowest BCUT2D eigenvalue weighted by Gasteiger charge is -2.44. The molecule has 0 N–H and O–H groups in total. The molecule has 0 atom stereocenters. The minimum Gasteiger partial charge on any atom is -0.353 e. The normalized spacial score (nSPS) is 20.0. The first-order chi connectivity index (χ1) is 11.8. The van der Waals surface area contributed by atoms with E-state index in [2.05, 4.69) is 49.1 Å². The predicted molar refractivity (Wildman–Crippen MR) is 92.5 cm³/mol. The van der Waals surface area contributed by atoms with Gasteiger partial charge in [0.25, 0.3) is 0 Å². The average Bonchev–Trinajstić information content (AvgIpc) is 3.32. The van der Waals surface area contributed by atoms with E-state index in [9.17, 15) is 0 Å². The van der Waals surface area contributed by atoms with E-state index in [-0.39, 0.29) is 0 Å². The summed E-state index contributed by atoms with van der Waals surface area (Å²) in [6.07, 6.45) is 7.71. The van der Waals surface area contributed by atoms with Crippen LogP contribution in [0, 0.1) is 0 Å². The maximum atomic E-state index is 4.47. The van der Waals surface area contributed by atoms with E-state index in [1.54, 1.807) is 6.33 Å². The Morgan fingerprint density at radius 3 is 2.79 bits per heavy atom. The third-order valence-corrected chi connectivity index (χ3v) is 5.57. The zero-order valence-electron chi connectivity index (χ0n) is 14.0. The van der Waals surface area contributed by atoms with E-state index in [1.807, 2.05) is 0 Å². The Morgan fingerprint density at radius 1 is 1.08 bits per heavy atom. The first-order valence-electron chi connectivity index (χ1n) is 8.93. The van der Waals surface area contributed by atoms with Gasteiger partial charge in [-0.15, -0.1) is 5.10 Å². The second-order valence-corrected chi connectivity index (χ2v) is 7.27. The van der Waals surface area contributed by atoms with Crippen molar-refractivity contribution in [3.63, 3.8) is 0 Å². The molecule has 5 rings (SSSR count). The van der Waals surface area contributed by atoms with Crippen LogP contribution in [-0.2, 0) is 12.8 Å². The van der Waals surface area contributed by atoms with Crippen LogP contribution >= 0.6 is 0 Å². The third-order valence-electron chi connectivity index (χ3n) is 5.57. The zero-order valence-corrected chi connectivity index (χ0v) is 14.0. The van der Waals surface area contributed by atoms with Gasteiger partial charge in [0.05, 0.1) is 11.7 Å². The van der Waals surface area contributed by atoms with Crippen molar-refractivity contribution in [2.24, 2.45) is 0 Å². The van der Waals surface area contributed by atoms with Crippen LogP contribution in [0.1, 0.15) is 42.1 Å². The molecular weight excluding hydrogens is 300 g/mol. The summed E-state index contributed by atoms with van der Waals surface area (Å²) in [6, 6.07) is 4.87. The van der Waals surface area contributed by atoms with Gasteiger partial charge in [-0.25, -0.2) is 9.97 Å². The Bertz CT molecular complexity index is 766. The van der Waals surface area contributed by atoms with Crippen LogP contribution < -0.4 is 9.80 Å². The molecule has 24 heavy (non-hydrogen) atoms. The molecule has 0 aromatic carbocycles. The minimum atomic E-state index is 0.474. The molecule has 0 radical (unpaired) electrons. The van der Waals surface area contributed by atoms with E-state index in [1.165, 1.54) is 36.2 Å². The molecule has 1 saturated heterocycles. The van der Waals surface area contributed by atoms with Crippen molar-refractivity contribution >= 4 is 11.6 Å². The quantitative estimate of drug-likeness (QED) is 0.857. The van der Waals surface area contributed by atoms with Gasteiger partial charge >= 0.3 is 0 Å². The predicted octanol–water partition coefficient (Wildman–Crippen LogP) is 1.96. The van der Waals surface area contributed by atoms with Crippen LogP contribution in [0.4, 0.5) is 11.6 Å². The van der Waals surface area contributed by atoms with Gasteiger partial charge < -0.3 is 9.80 Å². The Hall–Kier alpha value is -2.24. The lowest BCUT2D eigenvalue weighted by Crippen LogP contribution is -2.59. The lowest BCUT2D eigenvalue weighted by atomic mass is 10.1. The Labute approximate surface area is 141 Å². The highest BCUT2D eigenvalue weighted by molar-refractivity contribution is 5.50. The average molecular weight is 322 g/mol. The summed E-state index contributed by atoms with van der Waals surface area (Å²) in [4.78, 5) is 13.5. The number of hydrogen-bond acceptors (Lipinski definition) is 6. The Kier molecular flexibility index (Phi) is 3.18. The van der Waals surface area contributed by atoms with Crippen molar-refractivity contribution in [2.75, 3.05) is 29.9 Å². The number of fused-ring (bicyclic) bond motifs is 1. The molecule has 2 aromatic heterocycles. The molecule has 0 bridgehead atoms. The van der Waals surface area contributed by atoms with Crippen LogP contribution in [0.25, 0.3) is 0 Å². The van der Waals surface area contributed by atoms with Gasteiger partial charge in [-0.3, -0.25) is 0 Å². The molecule has 0 unspecified atom stereocenters. The standard InChI is InChI=1S/C18H22N6/c1-23(17-8-16(12-5-6-12)19-11-20-17)14-9-24(10-14)18-7-13-3-2-4-15(13)21-22-18/h7-8,11-12,14H,2-6,9-10H2,1H3. The fraction of sp³-hybridized carbons (Fsp3) is 0.556. The molecule has 124 valence electrons. The molecule has 3 heterocycles. The van der Waals surface area contributed by atoms with Crippen LogP contribution in [0.15, 0.2) is 18.5 Å². The molecule has 3 aliphatic rings. The highest BCUT2D eigenvalue weighted by Gasteiger charge is 2.33. The lowest BCUT2D eigenvalue weighted by molar-refractivity contribution is 0.487. The van der Waals surface area contributed by atoms with Crippen molar-refractivity contribution < 1.29 is 0 Å². The highest BCUT2D eigenvalue weighted by Crippen LogP contribution is 2.39. The summed E-state index contributed by atoms with van der Waals surface area (Å²) in [6.45, 7) is 1.96. The molecule has 0 spiro atoms. The van der Waals surface area contributed by atoms with Gasteiger partial charge in [-0.2, -0.15) is 5.10 Å². The molecule has 2 fully saturated rings. The van der Waals surface area contributed by atoms with E-state index in [0.29, 0.717) is 12.0 Å². The van der Waals surface area contributed by atoms with Crippen molar-refractivity contribution in [2.45, 2.75) is 44.1 Å². The fourth-order valence-electron chi connectivity index (χ4n) is 3.70. The summed E-state index contributed by atoms with van der Waals surface area (Å²) in [5.74, 6) is 2.73. The van der Waals surface area contributed by atoms with Crippen LogP contribution in [0.3, 0.4) is 0 Å². The summed E-state index contributed by atoms with van der Waals surface area (Å²) in [5.41, 5.74) is 3.79. The maximum Gasteiger partial charge on any atom is 0.151 e. The summed E-state index contributed by atoms with van der Waals surface area (Å²) in [5, 5.41) is 8.82. The van der Waals surface area contributed by atoms with E-state index in [0.717, 1.165) is 37.6 Å². The van der Waals surface area contributed by atoms with Crippen LogP contribution in [0.5, 0.6) is 0 Å². The molecule has 6 nitrogen and oxygen atoms in total. The van der Waals surface area contributed by atoms with E-state index in [4.69, 9.17) is 0 Å². The Morgan fingerprint density at radius 2 is 1.96 bits per heavy atom.